The van der Waals surface area contributed by atoms with Gasteiger partial charge < -0.3 is 10.2 Å². The molecule has 0 radical (unpaired) electrons. The zero-order valence-electron chi connectivity index (χ0n) is 14.7. The van der Waals surface area contributed by atoms with E-state index in [-0.39, 0.29) is 11.5 Å². The second-order valence-electron chi connectivity index (χ2n) is 6.67. The summed E-state index contributed by atoms with van der Waals surface area (Å²) in [5, 5.41) is 4.13. The molecule has 5 heteroatoms. The van der Waals surface area contributed by atoms with Crippen LogP contribution in [0, 0.1) is 5.82 Å². The van der Waals surface area contributed by atoms with E-state index in [2.05, 4.69) is 5.32 Å². The Hall–Kier alpha value is -3.21. The zero-order chi connectivity index (χ0) is 18.8. The number of carbonyl (C=O) groups is 2. The fourth-order valence-electron chi connectivity index (χ4n) is 3.57. The first-order valence-electron chi connectivity index (χ1n) is 8.99. The van der Waals surface area contributed by atoms with Crippen molar-refractivity contribution >= 4 is 28.3 Å². The molecule has 0 saturated carbocycles. The van der Waals surface area contributed by atoms with Crippen LogP contribution >= 0.6 is 0 Å². The first kappa shape index (κ1) is 17.2. The van der Waals surface area contributed by atoms with Crippen molar-refractivity contribution in [3.05, 3.63) is 78.1 Å². The van der Waals surface area contributed by atoms with E-state index in [0.717, 1.165) is 12.1 Å². The average Bonchev–Trinajstić information content (AvgIpc) is 2.69. The number of piperidine rings is 1. The summed E-state index contributed by atoms with van der Waals surface area (Å²) >= 11 is 0. The molecule has 136 valence electrons. The van der Waals surface area contributed by atoms with Crippen LogP contribution in [0.25, 0.3) is 10.8 Å². The maximum atomic E-state index is 13.9. The van der Waals surface area contributed by atoms with Crippen LogP contribution in [0.2, 0.25) is 0 Å². The van der Waals surface area contributed by atoms with Gasteiger partial charge in [-0.1, -0.05) is 42.5 Å². The highest BCUT2D eigenvalue weighted by Gasteiger charge is 2.31. The SMILES string of the molecule is O=C(NC1CCCN(c2ccccc2)C1=O)c1cc(F)cc2ccccc12. The number of benzene rings is 3. The smallest absolute Gasteiger partial charge is 0.252 e. The summed E-state index contributed by atoms with van der Waals surface area (Å²) < 4.78 is 13.9. The molecule has 2 amide bonds. The Morgan fingerprint density at radius 1 is 1.04 bits per heavy atom. The Kier molecular flexibility index (Phi) is 4.59. The van der Waals surface area contributed by atoms with E-state index in [9.17, 15) is 14.0 Å². The van der Waals surface area contributed by atoms with Gasteiger partial charge in [0.1, 0.15) is 11.9 Å². The molecule has 1 N–H and O–H groups in total. The normalized spacial score (nSPS) is 17.1. The van der Waals surface area contributed by atoms with E-state index in [0.29, 0.717) is 23.7 Å². The van der Waals surface area contributed by atoms with Gasteiger partial charge in [-0.2, -0.15) is 0 Å². The number of hydrogen-bond acceptors (Lipinski definition) is 2. The van der Waals surface area contributed by atoms with Gasteiger partial charge in [0.25, 0.3) is 5.91 Å². The van der Waals surface area contributed by atoms with Crippen molar-refractivity contribution in [1.29, 1.82) is 0 Å². The number of nitrogens with one attached hydrogen (secondary N) is 1. The van der Waals surface area contributed by atoms with Crippen molar-refractivity contribution in [3.63, 3.8) is 0 Å². The number of carbonyl (C=O) groups excluding carboxylic acids is 2. The molecule has 1 aliphatic rings. The lowest BCUT2D eigenvalue weighted by Crippen LogP contribution is -2.52. The molecule has 1 atom stereocenters. The fourth-order valence-corrected chi connectivity index (χ4v) is 3.57. The number of halogens is 1. The number of para-hydroxylation sites is 1. The molecule has 3 aromatic carbocycles. The molecule has 1 unspecified atom stereocenters. The Balaban J connectivity index is 1.59. The number of fused-ring (bicyclic) bond motifs is 1. The van der Waals surface area contributed by atoms with Crippen molar-refractivity contribution < 1.29 is 14.0 Å². The first-order valence-corrected chi connectivity index (χ1v) is 8.99. The highest BCUT2D eigenvalue weighted by atomic mass is 19.1. The summed E-state index contributed by atoms with van der Waals surface area (Å²) in [5.74, 6) is -1.04. The monoisotopic (exact) mass is 362 g/mol. The molecular weight excluding hydrogens is 343 g/mol. The minimum absolute atomic E-state index is 0.137. The Morgan fingerprint density at radius 3 is 2.59 bits per heavy atom. The van der Waals surface area contributed by atoms with Crippen molar-refractivity contribution in [2.24, 2.45) is 0 Å². The number of anilines is 1. The van der Waals surface area contributed by atoms with Gasteiger partial charge in [0, 0.05) is 12.2 Å². The van der Waals surface area contributed by atoms with E-state index in [1.807, 2.05) is 30.3 Å². The zero-order valence-corrected chi connectivity index (χ0v) is 14.7. The quantitative estimate of drug-likeness (QED) is 0.768. The van der Waals surface area contributed by atoms with E-state index in [1.165, 1.54) is 12.1 Å². The number of rotatable bonds is 3. The molecule has 1 fully saturated rings. The molecule has 3 aromatic rings. The predicted molar refractivity (Wildman–Crippen MR) is 103 cm³/mol. The summed E-state index contributed by atoms with van der Waals surface area (Å²) in [6.07, 6.45) is 1.36. The summed E-state index contributed by atoms with van der Waals surface area (Å²) in [5.41, 5.74) is 1.06. The second-order valence-corrected chi connectivity index (χ2v) is 6.67. The standard InChI is InChI=1S/C22H19FN2O2/c23-16-13-15-7-4-5-10-18(15)19(14-16)21(26)24-20-11-6-12-25(22(20)27)17-8-2-1-3-9-17/h1-5,7-10,13-14,20H,6,11-12H2,(H,24,26). The fraction of sp³-hybridized carbons (Fsp3) is 0.182. The van der Waals surface area contributed by atoms with Crippen LogP contribution in [-0.4, -0.2) is 24.4 Å². The Bertz CT molecular complexity index is 1000. The summed E-state index contributed by atoms with van der Waals surface area (Å²) in [6.45, 7) is 0.623. The molecule has 0 bridgehead atoms. The molecule has 0 spiro atoms. The van der Waals surface area contributed by atoms with Crippen LogP contribution < -0.4 is 10.2 Å². The van der Waals surface area contributed by atoms with Gasteiger partial charge in [0.15, 0.2) is 0 Å². The first-order chi connectivity index (χ1) is 13.1. The van der Waals surface area contributed by atoms with Crippen molar-refractivity contribution in [2.75, 3.05) is 11.4 Å². The van der Waals surface area contributed by atoms with Crippen LogP contribution in [0.15, 0.2) is 66.7 Å². The van der Waals surface area contributed by atoms with Gasteiger partial charge in [-0.15, -0.1) is 0 Å². The minimum Gasteiger partial charge on any atom is -0.340 e. The van der Waals surface area contributed by atoms with E-state index in [4.69, 9.17) is 0 Å². The van der Waals surface area contributed by atoms with E-state index < -0.39 is 17.8 Å². The molecule has 0 aliphatic carbocycles. The van der Waals surface area contributed by atoms with Gasteiger partial charge in [-0.25, -0.2) is 4.39 Å². The summed E-state index contributed by atoms with van der Waals surface area (Å²) in [7, 11) is 0. The third kappa shape index (κ3) is 3.40. The molecular formula is C22H19FN2O2. The number of hydrogen-bond donors (Lipinski definition) is 1. The lowest BCUT2D eigenvalue weighted by atomic mass is 10.0. The Labute approximate surface area is 156 Å². The van der Waals surface area contributed by atoms with Crippen LogP contribution in [0.3, 0.4) is 0 Å². The lowest BCUT2D eigenvalue weighted by molar-refractivity contribution is -0.121. The summed E-state index contributed by atoms with van der Waals surface area (Å²) in [4.78, 5) is 27.4. The van der Waals surface area contributed by atoms with Gasteiger partial charge in [-0.3, -0.25) is 9.59 Å². The van der Waals surface area contributed by atoms with Crippen molar-refractivity contribution in [3.8, 4) is 0 Å². The molecule has 1 heterocycles. The topological polar surface area (TPSA) is 49.4 Å². The molecule has 0 aromatic heterocycles. The molecule has 4 rings (SSSR count). The van der Waals surface area contributed by atoms with Gasteiger partial charge in [0.05, 0.1) is 5.56 Å². The Morgan fingerprint density at radius 2 is 1.78 bits per heavy atom. The highest BCUT2D eigenvalue weighted by Crippen LogP contribution is 2.23. The largest absolute Gasteiger partial charge is 0.340 e. The van der Waals surface area contributed by atoms with E-state index in [1.54, 1.807) is 29.2 Å². The average molecular weight is 362 g/mol. The van der Waals surface area contributed by atoms with Crippen molar-refractivity contribution in [1.82, 2.24) is 5.32 Å². The predicted octanol–water partition coefficient (Wildman–Crippen LogP) is 3.90. The van der Waals surface area contributed by atoms with Gasteiger partial charge >= 0.3 is 0 Å². The maximum absolute atomic E-state index is 13.9. The second kappa shape index (κ2) is 7.19. The molecule has 1 aliphatic heterocycles. The van der Waals surface area contributed by atoms with Crippen LogP contribution in [-0.2, 0) is 4.79 Å². The van der Waals surface area contributed by atoms with Crippen LogP contribution in [0.4, 0.5) is 10.1 Å². The number of amides is 2. The molecule has 1 saturated heterocycles. The lowest BCUT2D eigenvalue weighted by Gasteiger charge is -2.32. The van der Waals surface area contributed by atoms with Crippen LogP contribution in [0.5, 0.6) is 0 Å². The third-order valence-electron chi connectivity index (χ3n) is 4.88. The van der Waals surface area contributed by atoms with Crippen LogP contribution in [0.1, 0.15) is 23.2 Å². The molecule has 4 nitrogen and oxygen atoms in total. The number of nitrogens with zero attached hydrogens (tertiary/aromatic N) is 1. The third-order valence-corrected chi connectivity index (χ3v) is 4.88. The van der Waals surface area contributed by atoms with Crippen molar-refractivity contribution in [2.45, 2.75) is 18.9 Å². The van der Waals surface area contributed by atoms with Gasteiger partial charge in [-0.05, 0) is 47.9 Å². The minimum atomic E-state index is -0.617. The highest BCUT2D eigenvalue weighted by molar-refractivity contribution is 6.09. The molecule has 27 heavy (non-hydrogen) atoms. The van der Waals surface area contributed by atoms with Gasteiger partial charge in [0.2, 0.25) is 5.91 Å². The maximum Gasteiger partial charge on any atom is 0.252 e. The summed E-state index contributed by atoms with van der Waals surface area (Å²) in [6, 6.07) is 18.6. The van der Waals surface area contributed by atoms with E-state index >= 15 is 0 Å².